The van der Waals surface area contributed by atoms with Crippen LogP contribution in [0.1, 0.15) is 6.42 Å². The van der Waals surface area contributed by atoms with Crippen molar-refractivity contribution in [3.05, 3.63) is 42.5 Å². The molecule has 2 aromatic rings. The Balaban J connectivity index is 1.25. The van der Waals surface area contributed by atoms with Gasteiger partial charge in [0.2, 0.25) is 0 Å². The predicted octanol–water partition coefficient (Wildman–Crippen LogP) is 2.31. The zero-order chi connectivity index (χ0) is 22.0. The standard InChI is InChI=1S/C20H16F2N2O7/c21-20(22)30-15-6-5-12(9-16(15)31-20)23-17(25)10-29-19(27)7-8-24-13-3-1-2-4-14(13)28-11-18(24)26/h1-6,9H,7-8,10-11H2,(H,23,25). The van der Waals surface area contributed by atoms with Crippen LogP contribution in [0.4, 0.5) is 20.2 Å². The van der Waals surface area contributed by atoms with Gasteiger partial charge in [-0.1, -0.05) is 12.1 Å². The lowest BCUT2D eigenvalue weighted by Gasteiger charge is -2.28. The highest BCUT2D eigenvalue weighted by Crippen LogP contribution is 2.42. The van der Waals surface area contributed by atoms with E-state index in [1.165, 1.54) is 17.0 Å². The van der Waals surface area contributed by atoms with Crippen molar-refractivity contribution in [3.63, 3.8) is 0 Å². The first-order chi connectivity index (χ1) is 14.8. The fourth-order valence-corrected chi connectivity index (χ4v) is 3.04. The molecule has 0 radical (unpaired) electrons. The highest BCUT2D eigenvalue weighted by atomic mass is 19.3. The van der Waals surface area contributed by atoms with Gasteiger partial charge < -0.3 is 29.2 Å². The highest BCUT2D eigenvalue weighted by Gasteiger charge is 2.43. The molecule has 0 spiro atoms. The molecule has 31 heavy (non-hydrogen) atoms. The van der Waals surface area contributed by atoms with Crippen molar-refractivity contribution in [2.24, 2.45) is 0 Å². The molecule has 1 N–H and O–H groups in total. The Morgan fingerprint density at radius 2 is 1.87 bits per heavy atom. The molecular weight excluding hydrogens is 418 g/mol. The molecule has 2 aliphatic rings. The van der Waals surface area contributed by atoms with Crippen molar-refractivity contribution in [2.75, 3.05) is 30.0 Å². The number of hydrogen-bond donors (Lipinski definition) is 1. The molecule has 2 heterocycles. The lowest BCUT2D eigenvalue weighted by Crippen LogP contribution is -2.40. The molecule has 2 aromatic carbocycles. The maximum absolute atomic E-state index is 13.0. The summed E-state index contributed by atoms with van der Waals surface area (Å²) in [7, 11) is 0. The van der Waals surface area contributed by atoms with E-state index in [0.29, 0.717) is 11.4 Å². The number of hydrogen-bond acceptors (Lipinski definition) is 7. The van der Waals surface area contributed by atoms with Crippen molar-refractivity contribution in [1.82, 2.24) is 0 Å². The fourth-order valence-electron chi connectivity index (χ4n) is 3.04. The molecule has 2 aliphatic heterocycles. The molecule has 0 aromatic heterocycles. The Morgan fingerprint density at radius 1 is 1.10 bits per heavy atom. The van der Waals surface area contributed by atoms with Crippen LogP contribution in [0.3, 0.4) is 0 Å². The van der Waals surface area contributed by atoms with E-state index in [1.807, 2.05) is 0 Å². The molecule has 9 nitrogen and oxygen atoms in total. The summed E-state index contributed by atoms with van der Waals surface area (Å²) >= 11 is 0. The van der Waals surface area contributed by atoms with E-state index in [1.54, 1.807) is 24.3 Å². The maximum Gasteiger partial charge on any atom is 0.586 e. The predicted molar refractivity (Wildman–Crippen MR) is 101 cm³/mol. The lowest BCUT2D eigenvalue weighted by molar-refractivity contribution is -0.286. The van der Waals surface area contributed by atoms with Gasteiger partial charge in [-0.25, -0.2) is 0 Å². The maximum atomic E-state index is 13.0. The van der Waals surface area contributed by atoms with Crippen molar-refractivity contribution in [2.45, 2.75) is 12.7 Å². The number of fused-ring (bicyclic) bond motifs is 2. The summed E-state index contributed by atoms with van der Waals surface area (Å²) < 4.78 is 44.9. The van der Waals surface area contributed by atoms with Gasteiger partial charge in [0.25, 0.3) is 11.8 Å². The topological polar surface area (TPSA) is 103 Å². The van der Waals surface area contributed by atoms with E-state index in [-0.39, 0.29) is 42.7 Å². The van der Waals surface area contributed by atoms with Crippen LogP contribution in [0, 0.1) is 0 Å². The van der Waals surface area contributed by atoms with Crippen LogP contribution in [-0.4, -0.2) is 43.8 Å². The number of amides is 2. The Hall–Kier alpha value is -3.89. The second kappa shape index (κ2) is 8.09. The lowest BCUT2D eigenvalue weighted by atomic mass is 10.2. The van der Waals surface area contributed by atoms with Crippen molar-refractivity contribution >= 4 is 29.2 Å². The zero-order valence-electron chi connectivity index (χ0n) is 15.9. The molecule has 0 aliphatic carbocycles. The first kappa shape index (κ1) is 20.4. The van der Waals surface area contributed by atoms with Crippen LogP contribution < -0.4 is 24.4 Å². The number of benzene rings is 2. The Labute approximate surface area is 174 Å². The average Bonchev–Trinajstić information content (AvgIpc) is 3.04. The number of alkyl halides is 2. The average molecular weight is 434 g/mol. The molecular formula is C20H16F2N2O7. The van der Waals surface area contributed by atoms with Gasteiger partial charge in [0.1, 0.15) is 5.75 Å². The van der Waals surface area contributed by atoms with Crippen LogP contribution in [-0.2, 0) is 19.1 Å². The number of nitrogens with zero attached hydrogens (tertiary/aromatic N) is 1. The van der Waals surface area contributed by atoms with Gasteiger partial charge in [0.15, 0.2) is 24.7 Å². The van der Waals surface area contributed by atoms with Crippen LogP contribution in [0.2, 0.25) is 0 Å². The van der Waals surface area contributed by atoms with Gasteiger partial charge in [0, 0.05) is 18.3 Å². The highest BCUT2D eigenvalue weighted by molar-refractivity contribution is 5.98. The summed E-state index contributed by atoms with van der Waals surface area (Å²) in [5.41, 5.74) is 0.717. The van der Waals surface area contributed by atoms with Gasteiger partial charge in [0.05, 0.1) is 12.1 Å². The number of rotatable bonds is 6. The number of anilines is 2. The van der Waals surface area contributed by atoms with E-state index in [4.69, 9.17) is 9.47 Å². The molecule has 0 fully saturated rings. The molecule has 162 valence electrons. The molecule has 0 saturated heterocycles. The summed E-state index contributed by atoms with van der Waals surface area (Å²) in [6.07, 6.45) is -3.89. The van der Waals surface area contributed by atoms with Crippen LogP contribution in [0.5, 0.6) is 17.2 Å². The minimum atomic E-state index is -3.76. The summed E-state index contributed by atoms with van der Waals surface area (Å²) in [4.78, 5) is 37.5. The number of carbonyl (C=O) groups is 3. The molecule has 4 rings (SSSR count). The Bertz CT molecular complexity index is 1040. The first-order valence-electron chi connectivity index (χ1n) is 9.18. The van der Waals surface area contributed by atoms with E-state index in [2.05, 4.69) is 14.8 Å². The smallest absolute Gasteiger partial charge is 0.482 e. The van der Waals surface area contributed by atoms with E-state index < -0.39 is 24.8 Å². The van der Waals surface area contributed by atoms with Crippen molar-refractivity contribution in [1.29, 1.82) is 0 Å². The van der Waals surface area contributed by atoms with Gasteiger partial charge >= 0.3 is 12.3 Å². The summed E-state index contributed by atoms with van der Waals surface area (Å²) in [6.45, 7) is -0.650. The second-order valence-electron chi connectivity index (χ2n) is 6.59. The first-order valence-corrected chi connectivity index (χ1v) is 9.18. The quantitative estimate of drug-likeness (QED) is 0.696. The minimum absolute atomic E-state index is 0.0655. The molecule has 11 heteroatoms. The van der Waals surface area contributed by atoms with Crippen LogP contribution >= 0.6 is 0 Å². The number of ether oxygens (including phenoxy) is 4. The Morgan fingerprint density at radius 3 is 2.71 bits per heavy atom. The van der Waals surface area contributed by atoms with E-state index in [9.17, 15) is 23.2 Å². The van der Waals surface area contributed by atoms with Crippen LogP contribution in [0.25, 0.3) is 0 Å². The van der Waals surface area contributed by atoms with Gasteiger partial charge in [-0.15, -0.1) is 8.78 Å². The summed E-state index contributed by atoms with van der Waals surface area (Å²) in [5, 5.41) is 2.40. The molecule has 0 unspecified atom stereocenters. The SMILES string of the molecule is O=C(COC(=O)CCN1C(=O)COc2ccccc21)Nc1ccc2c(c1)OC(F)(F)O2. The number of carbonyl (C=O) groups excluding carboxylic acids is 3. The molecule has 2 amide bonds. The van der Waals surface area contributed by atoms with Gasteiger partial charge in [-0.05, 0) is 24.3 Å². The fraction of sp³-hybridized carbons (Fsp3) is 0.250. The van der Waals surface area contributed by atoms with Crippen LogP contribution in [0.15, 0.2) is 42.5 Å². The third kappa shape index (κ3) is 4.65. The van der Waals surface area contributed by atoms with Gasteiger partial charge in [-0.3, -0.25) is 14.4 Å². The number of para-hydroxylation sites is 2. The van der Waals surface area contributed by atoms with Gasteiger partial charge in [-0.2, -0.15) is 0 Å². The summed E-state index contributed by atoms with van der Waals surface area (Å²) in [5.74, 6) is -1.50. The van der Waals surface area contributed by atoms with E-state index in [0.717, 1.165) is 6.07 Å². The van der Waals surface area contributed by atoms with E-state index >= 15 is 0 Å². The third-order valence-electron chi connectivity index (χ3n) is 4.40. The van der Waals surface area contributed by atoms with Crippen molar-refractivity contribution < 1.29 is 42.1 Å². The largest absolute Gasteiger partial charge is 0.586 e. The normalized spacial score (nSPS) is 15.7. The summed E-state index contributed by atoms with van der Waals surface area (Å²) in [6, 6.07) is 10.7. The monoisotopic (exact) mass is 434 g/mol. The second-order valence-corrected chi connectivity index (χ2v) is 6.59. The number of esters is 1. The third-order valence-corrected chi connectivity index (χ3v) is 4.40. The number of nitrogens with one attached hydrogen (secondary N) is 1. The van der Waals surface area contributed by atoms with Crippen molar-refractivity contribution in [3.8, 4) is 17.2 Å². The molecule has 0 atom stereocenters. The molecule has 0 saturated carbocycles. The molecule has 0 bridgehead atoms. The minimum Gasteiger partial charge on any atom is -0.482 e. The zero-order valence-corrected chi connectivity index (χ0v) is 15.9. The Kier molecular flexibility index (Phi) is 5.32. The number of halogens is 2.